The fourth-order valence-corrected chi connectivity index (χ4v) is 2.92. The smallest absolute Gasteiger partial charge is 0.340 e. The van der Waals surface area contributed by atoms with E-state index < -0.39 is 24.3 Å². The van der Waals surface area contributed by atoms with Crippen molar-refractivity contribution in [1.82, 2.24) is 4.98 Å². The van der Waals surface area contributed by atoms with Crippen molar-refractivity contribution in [2.45, 2.75) is 40.5 Å². The van der Waals surface area contributed by atoms with E-state index in [1.807, 2.05) is 31.2 Å². The minimum absolute atomic E-state index is 0.134. The van der Waals surface area contributed by atoms with Crippen molar-refractivity contribution in [3.63, 3.8) is 0 Å². The number of aryl methyl sites for hydroxylation is 3. The van der Waals surface area contributed by atoms with Gasteiger partial charge in [-0.15, -0.1) is 0 Å². The normalized spacial score (nSPS) is 10.5. The van der Waals surface area contributed by atoms with Crippen LogP contribution < -0.4 is 4.74 Å². The summed E-state index contributed by atoms with van der Waals surface area (Å²) >= 11 is 0. The van der Waals surface area contributed by atoms with Crippen LogP contribution in [0.15, 0.2) is 24.3 Å². The van der Waals surface area contributed by atoms with Gasteiger partial charge in [0, 0.05) is 17.8 Å². The van der Waals surface area contributed by atoms with Gasteiger partial charge in [-0.05, 0) is 46.2 Å². The highest BCUT2D eigenvalue weighted by atomic mass is 16.5. The van der Waals surface area contributed by atoms with Crippen LogP contribution in [0.5, 0.6) is 5.75 Å². The number of rotatable bonds is 10. The topological polar surface area (TPSA) is 94.7 Å². The molecule has 0 bridgehead atoms. The maximum absolute atomic E-state index is 12.5. The van der Waals surface area contributed by atoms with Gasteiger partial charge in [-0.1, -0.05) is 17.7 Å². The minimum Gasteiger partial charge on any atom is -0.494 e. The van der Waals surface area contributed by atoms with Crippen LogP contribution in [-0.2, 0) is 14.3 Å². The number of carbonyl (C=O) groups is 3. The standard InChI is InChI=1S/C22H27NO6/c1-5-27-22(26)21-16(4)23-15(3)20(21)18(24)13-29-19(25)7-6-12-28-17-10-8-14(2)9-11-17/h8-11,23H,5-7,12-13H2,1-4H3. The van der Waals surface area contributed by atoms with Crippen LogP contribution in [0.1, 0.15) is 57.4 Å². The van der Waals surface area contributed by atoms with E-state index in [2.05, 4.69) is 4.98 Å². The molecule has 0 aliphatic heterocycles. The summed E-state index contributed by atoms with van der Waals surface area (Å²) < 4.78 is 15.6. The molecule has 0 saturated carbocycles. The molecule has 2 aromatic rings. The van der Waals surface area contributed by atoms with Gasteiger partial charge in [0.05, 0.1) is 24.3 Å². The van der Waals surface area contributed by atoms with Crippen LogP contribution in [0.2, 0.25) is 0 Å². The zero-order valence-electron chi connectivity index (χ0n) is 17.3. The second kappa shape index (κ2) is 10.5. The molecule has 29 heavy (non-hydrogen) atoms. The van der Waals surface area contributed by atoms with E-state index in [9.17, 15) is 14.4 Å². The van der Waals surface area contributed by atoms with Gasteiger partial charge >= 0.3 is 11.9 Å². The quantitative estimate of drug-likeness (QED) is 0.371. The van der Waals surface area contributed by atoms with Gasteiger partial charge in [0.15, 0.2) is 6.61 Å². The van der Waals surface area contributed by atoms with E-state index in [4.69, 9.17) is 14.2 Å². The highest BCUT2D eigenvalue weighted by Gasteiger charge is 2.25. The highest BCUT2D eigenvalue weighted by Crippen LogP contribution is 2.20. The Balaban J connectivity index is 1.82. The lowest BCUT2D eigenvalue weighted by atomic mass is 10.1. The molecule has 7 nitrogen and oxygen atoms in total. The second-order valence-electron chi connectivity index (χ2n) is 6.69. The van der Waals surface area contributed by atoms with E-state index in [1.165, 1.54) is 0 Å². The number of esters is 2. The lowest BCUT2D eigenvalue weighted by Gasteiger charge is -2.08. The number of H-pyrrole nitrogens is 1. The molecular formula is C22H27NO6. The number of hydrogen-bond acceptors (Lipinski definition) is 6. The zero-order valence-corrected chi connectivity index (χ0v) is 17.3. The van der Waals surface area contributed by atoms with Gasteiger partial charge in [0.25, 0.3) is 0 Å². The SMILES string of the molecule is CCOC(=O)c1c(C)[nH]c(C)c1C(=O)COC(=O)CCCOc1ccc(C)cc1. The van der Waals surface area contributed by atoms with Crippen molar-refractivity contribution in [1.29, 1.82) is 0 Å². The average molecular weight is 401 g/mol. The highest BCUT2D eigenvalue weighted by molar-refractivity contribution is 6.09. The Kier molecular flexibility index (Phi) is 8.00. The number of Topliss-reactive ketones (excluding diaryl/α,β-unsaturated/α-hetero) is 1. The molecule has 0 aliphatic carbocycles. The lowest BCUT2D eigenvalue weighted by molar-refractivity contribution is -0.142. The molecule has 0 aliphatic rings. The Morgan fingerprint density at radius 1 is 0.931 bits per heavy atom. The Morgan fingerprint density at radius 3 is 2.24 bits per heavy atom. The molecule has 1 aromatic heterocycles. The maximum Gasteiger partial charge on any atom is 0.340 e. The van der Waals surface area contributed by atoms with E-state index in [-0.39, 0.29) is 24.2 Å². The summed E-state index contributed by atoms with van der Waals surface area (Å²) in [6, 6.07) is 7.64. The largest absolute Gasteiger partial charge is 0.494 e. The molecule has 1 heterocycles. The first-order chi connectivity index (χ1) is 13.8. The van der Waals surface area contributed by atoms with Gasteiger partial charge in [0.1, 0.15) is 5.75 Å². The molecule has 0 amide bonds. The second-order valence-corrected chi connectivity index (χ2v) is 6.69. The third-order valence-corrected chi connectivity index (χ3v) is 4.31. The third-order valence-electron chi connectivity index (χ3n) is 4.31. The van der Waals surface area contributed by atoms with Gasteiger partial charge < -0.3 is 19.2 Å². The van der Waals surface area contributed by atoms with Crippen LogP contribution in [-0.4, -0.2) is 42.5 Å². The van der Waals surface area contributed by atoms with Crippen LogP contribution in [0.3, 0.4) is 0 Å². The third kappa shape index (κ3) is 6.20. The number of hydrogen-bond donors (Lipinski definition) is 1. The molecule has 1 aromatic carbocycles. The number of aromatic amines is 1. The Bertz CT molecular complexity index is 866. The molecule has 0 radical (unpaired) electrons. The first-order valence-electron chi connectivity index (χ1n) is 9.58. The average Bonchev–Trinajstić information content (AvgIpc) is 2.99. The van der Waals surface area contributed by atoms with Crippen molar-refractivity contribution >= 4 is 17.7 Å². The van der Waals surface area contributed by atoms with Crippen molar-refractivity contribution < 1.29 is 28.6 Å². The fraction of sp³-hybridized carbons (Fsp3) is 0.409. The summed E-state index contributed by atoms with van der Waals surface area (Å²) in [6.45, 7) is 7.21. The van der Waals surface area contributed by atoms with Crippen LogP contribution in [0, 0.1) is 20.8 Å². The predicted molar refractivity (Wildman–Crippen MR) is 107 cm³/mol. The summed E-state index contributed by atoms with van der Waals surface area (Å²) in [5.41, 5.74) is 2.62. The number of nitrogens with one attached hydrogen (secondary N) is 1. The summed E-state index contributed by atoms with van der Waals surface area (Å²) in [5.74, 6) is -0.770. The Labute approximate surface area is 170 Å². The van der Waals surface area contributed by atoms with Gasteiger partial charge in [-0.2, -0.15) is 0 Å². The van der Waals surface area contributed by atoms with Gasteiger partial charge in [-0.25, -0.2) is 4.79 Å². The number of ketones is 1. The van der Waals surface area contributed by atoms with Gasteiger partial charge in [-0.3, -0.25) is 9.59 Å². The summed E-state index contributed by atoms with van der Waals surface area (Å²) in [4.78, 5) is 39.5. The Hall–Kier alpha value is -3.09. The molecule has 156 valence electrons. The van der Waals surface area contributed by atoms with Crippen molar-refractivity contribution in [3.05, 3.63) is 52.3 Å². The van der Waals surface area contributed by atoms with Crippen molar-refractivity contribution in [2.24, 2.45) is 0 Å². The molecular weight excluding hydrogens is 374 g/mol. The van der Waals surface area contributed by atoms with Crippen LogP contribution in [0.4, 0.5) is 0 Å². The first-order valence-corrected chi connectivity index (χ1v) is 9.58. The fourth-order valence-electron chi connectivity index (χ4n) is 2.92. The maximum atomic E-state index is 12.5. The number of benzene rings is 1. The minimum atomic E-state index is -0.572. The summed E-state index contributed by atoms with van der Waals surface area (Å²) in [6.07, 6.45) is 0.603. The summed E-state index contributed by atoms with van der Waals surface area (Å²) in [7, 11) is 0. The molecule has 7 heteroatoms. The number of aromatic nitrogens is 1. The summed E-state index contributed by atoms with van der Waals surface area (Å²) in [5, 5.41) is 0. The van der Waals surface area contributed by atoms with E-state index in [0.717, 1.165) is 11.3 Å². The molecule has 0 fully saturated rings. The molecule has 0 saturated heterocycles. The predicted octanol–water partition coefficient (Wildman–Crippen LogP) is 3.70. The van der Waals surface area contributed by atoms with E-state index >= 15 is 0 Å². The van der Waals surface area contributed by atoms with Crippen molar-refractivity contribution in [3.8, 4) is 5.75 Å². The number of carbonyl (C=O) groups excluding carboxylic acids is 3. The molecule has 1 N–H and O–H groups in total. The number of ether oxygens (including phenoxy) is 3. The van der Waals surface area contributed by atoms with Crippen molar-refractivity contribution in [2.75, 3.05) is 19.8 Å². The molecule has 0 unspecified atom stereocenters. The monoisotopic (exact) mass is 401 g/mol. The van der Waals surface area contributed by atoms with E-state index in [0.29, 0.717) is 24.4 Å². The Morgan fingerprint density at radius 2 is 1.59 bits per heavy atom. The molecule has 0 spiro atoms. The van der Waals surface area contributed by atoms with Gasteiger partial charge in [0.2, 0.25) is 5.78 Å². The van der Waals surface area contributed by atoms with Crippen LogP contribution >= 0.6 is 0 Å². The van der Waals surface area contributed by atoms with Crippen LogP contribution in [0.25, 0.3) is 0 Å². The molecule has 0 atom stereocenters. The molecule has 2 rings (SSSR count). The van der Waals surface area contributed by atoms with E-state index in [1.54, 1.807) is 20.8 Å². The first kappa shape index (κ1) is 22.2. The lowest BCUT2D eigenvalue weighted by Crippen LogP contribution is -2.18. The zero-order chi connectivity index (χ0) is 21.4.